The van der Waals surface area contributed by atoms with Crippen molar-refractivity contribution in [2.45, 2.75) is 109 Å². The van der Waals surface area contributed by atoms with Gasteiger partial charge >= 0.3 is 0 Å². The second-order valence-electron chi connectivity index (χ2n) is 7.98. The van der Waals surface area contributed by atoms with E-state index in [0.29, 0.717) is 0 Å². The molecule has 0 radical (unpaired) electrons. The fraction of sp³-hybridized carbons (Fsp3) is 1.00. The molecule has 22 heavy (non-hydrogen) atoms. The van der Waals surface area contributed by atoms with E-state index in [9.17, 15) is 0 Å². The van der Waals surface area contributed by atoms with E-state index in [0.717, 1.165) is 25.0 Å². The summed E-state index contributed by atoms with van der Waals surface area (Å²) in [6, 6.07) is 0. The molecule has 2 bridgehead atoms. The maximum absolute atomic E-state index is 5.77. The Morgan fingerprint density at radius 2 is 0.773 bits per heavy atom. The Kier molecular flexibility index (Phi) is 10.3. The van der Waals surface area contributed by atoms with Crippen LogP contribution in [-0.2, 0) is 4.74 Å². The van der Waals surface area contributed by atoms with E-state index in [2.05, 4.69) is 0 Å². The van der Waals surface area contributed by atoms with Crippen LogP contribution in [0.25, 0.3) is 0 Å². The van der Waals surface area contributed by atoms with Crippen LogP contribution in [0, 0.1) is 11.8 Å². The normalized spacial score (nSPS) is 31.6. The van der Waals surface area contributed by atoms with Crippen molar-refractivity contribution < 1.29 is 4.74 Å². The Labute approximate surface area is 139 Å². The second kappa shape index (κ2) is 12.4. The summed E-state index contributed by atoms with van der Waals surface area (Å²) in [5, 5.41) is 0. The van der Waals surface area contributed by atoms with E-state index in [1.54, 1.807) is 6.42 Å². The highest BCUT2D eigenvalue weighted by Crippen LogP contribution is 2.31. The van der Waals surface area contributed by atoms with Crippen LogP contribution in [0.2, 0.25) is 0 Å². The number of fused-ring (bicyclic) bond motifs is 2. The lowest BCUT2D eigenvalue weighted by Gasteiger charge is -2.24. The van der Waals surface area contributed by atoms with Gasteiger partial charge in [0.15, 0.2) is 0 Å². The Bertz CT molecular complexity index is 226. The van der Waals surface area contributed by atoms with Gasteiger partial charge in [-0.1, -0.05) is 89.9 Å². The molecule has 1 nitrogen and oxygen atoms in total. The van der Waals surface area contributed by atoms with Crippen molar-refractivity contribution in [2.24, 2.45) is 11.8 Å². The third-order valence-electron chi connectivity index (χ3n) is 5.94. The minimum absolute atomic E-state index is 1.01. The SMILES string of the molecule is C1CCCCC2CCCCCOCCCCCC(CCC1)C2. The van der Waals surface area contributed by atoms with Gasteiger partial charge in [0.25, 0.3) is 0 Å². The molecule has 0 aromatic heterocycles. The van der Waals surface area contributed by atoms with Crippen LogP contribution in [0.4, 0.5) is 0 Å². The van der Waals surface area contributed by atoms with Gasteiger partial charge in [-0.15, -0.1) is 0 Å². The van der Waals surface area contributed by atoms with Gasteiger partial charge in [-0.25, -0.2) is 0 Å². The quantitative estimate of drug-likeness (QED) is 0.473. The first kappa shape index (κ1) is 18.3. The van der Waals surface area contributed by atoms with Crippen molar-refractivity contribution in [3.8, 4) is 0 Å². The molecule has 1 saturated heterocycles. The van der Waals surface area contributed by atoms with Crippen molar-refractivity contribution in [3.63, 3.8) is 0 Å². The average molecular weight is 309 g/mol. The lowest BCUT2D eigenvalue weighted by Crippen LogP contribution is -2.11. The first-order chi connectivity index (χ1) is 10.9. The first-order valence-corrected chi connectivity index (χ1v) is 10.5. The molecule has 1 heteroatoms. The summed E-state index contributed by atoms with van der Waals surface area (Å²) in [4.78, 5) is 0. The summed E-state index contributed by atoms with van der Waals surface area (Å²) in [7, 11) is 0. The lowest BCUT2D eigenvalue weighted by molar-refractivity contribution is 0.123. The number of ether oxygens (including phenoxy) is 1. The van der Waals surface area contributed by atoms with Gasteiger partial charge in [0.2, 0.25) is 0 Å². The minimum atomic E-state index is 1.01. The van der Waals surface area contributed by atoms with Crippen LogP contribution < -0.4 is 0 Å². The summed E-state index contributed by atoms with van der Waals surface area (Å²) < 4.78 is 5.77. The maximum Gasteiger partial charge on any atom is 0.0466 e. The molecule has 1 aliphatic heterocycles. The van der Waals surface area contributed by atoms with E-state index in [1.807, 2.05) is 0 Å². The molecule has 0 N–H and O–H groups in total. The van der Waals surface area contributed by atoms with Crippen molar-refractivity contribution >= 4 is 0 Å². The topological polar surface area (TPSA) is 9.23 Å². The zero-order valence-corrected chi connectivity index (χ0v) is 15.0. The van der Waals surface area contributed by atoms with Crippen molar-refractivity contribution in [3.05, 3.63) is 0 Å². The fourth-order valence-electron chi connectivity index (χ4n) is 4.53. The maximum atomic E-state index is 5.77. The smallest absolute Gasteiger partial charge is 0.0466 e. The predicted molar refractivity (Wildman–Crippen MR) is 96.3 cm³/mol. The number of hydrogen-bond acceptors (Lipinski definition) is 1. The van der Waals surface area contributed by atoms with E-state index in [-0.39, 0.29) is 0 Å². The average Bonchev–Trinajstić information content (AvgIpc) is 2.57. The summed E-state index contributed by atoms with van der Waals surface area (Å²) >= 11 is 0. The monoisotopic (exact) mass is 308 g/mol. The molecular weight excluding hydrogens is 268 g/mol. The zero-order chi connectivity index (χ0) is 15.3. The third kappa shape index (κ3) is 8.56. The lowest BCUT2D eigenvalue weighted by atomic mass is 9.82. The fourth-order valence-corrected chi connectivity index (χ4v) is 4.53. The van der Waals surface area contributed by atoms with Crippen LogP contribution >= 0.6 is 0 Å². The summed E-state index contributed by atoms with van der Waals surface area (Å²) in [5.41, 5.74) is 0. The Hall–Kier alpha value is -0.0400. The first-order valence-electron chi connectivity index (χ1n) is 10.5. The molecule has 2 fully saturated rings. The molecule has 0 spiro atoms. The highest BCUT2D eigenvalue weighted by atomic mass is 16.5. The Morgan fingerprint density at radius 3 is 1.23 bits per heavy atom. The molecule has 130 valence electrons. The van der Waals surface area contributed by atoms with E-state index in [1.165, 1.54) is 103 Å². The molecule has 2 rings (SSSR count). The van der Waals surface area contributed by atoms with Gasteiger partial charge in [-0.3, -0.25) is 0 Å². The van der Waals surface area contributed by atoms with Gasteiger partial charge in [0, 0.05) is 13.2 Å². The molecular formula is C21H40O. The van der Waals surface area contributed by atoms with Gasteiger partial charge in [-0.2, -0.15) is 0 Å². The molecule has 0 amide bonds. The predicted octanol–water partition coefficient (Wildman–Crippen LogP) is 6.89. The minimum Gasteiger partial charge on any atom is -0.381 e. The van der Waals surface area contributed by atoms with Crippen molar-refractivity contribution in [1.29, 1.82) is 0 Å². The number of hydrogen-bond donors (Lipinski definition) is 0. The zero-order valence-electron chi connectivity index (χ0n) is 15.0. The summed E-state index contributed by atoms with van der Waals surface area (Å²) in [6.45, 7) is 2.01. The Morgan fingerprint density at radius 1 is 0.409 bits per heavy atom. The van der Waals surface area contributed by atoms with Crippen molar-refractivity contribution in [1.82, 2.24) is 0 Å². The molecule has 2 aliphatic rings. The molecule has 0 aromatic rings. The van der Waals surface area contributed by atoms with E-state index < -0.39 is 0 Å². The largest absolute Gasteiger partial charge is 0.381 e. The number of rotatable bonds is 0. The van der Waals surface area contributed by atoms with Gasteiger partial charge < -0.3 is 4.74 Å². The van der Waals surface area contributed by atoms with Gasteiger partial charge in [0.1, 0.15) is 0 Å². The molecule has 1 aliphatic carbocycles. The molecule has 1 heterocycles. The van der Waals surface area contributed by atoms with Crippen LogP contribution in [0.1, 0.15) is 109 Å². The molecule has 2 atom stereocenters. The molecule has 1 saturated carbocycles. The van der Waals surface area contributed by atoms with E-state index >= 15 is 0 Å². The van der Waals surface area contributed by atoms with Crippen LogP contribution in [0.3, 0.4) is 0 Å². The Balaban J connectivity index is 1.85. The van der Waals surface area contributed by atoms with Crippen LogP contribution in [0.5, 0.6) is 0 Å². The molecule has 0 aromatic carbocycles. The molecule has 2 unspecified atom stereocenters. The summed E-state index contributed by atoms with van der Waals surface area (Å²) in [6.07, 6.45) is 24.8. The second-order valence-corrected chi connectivity index (χ2v) is 7.98. The highest BCUT2D eigenvalue weighted by Gasteiger charge is 2.17. The van der Waals surface area contributed by atoms with Crippen molar-refractivity contribution in [2.75, 3.05) is 13.2 Å². The van der Waals surface area contributed by atoms with Gasteiger partial charge in [-0.05, 0) is 31.1 Å². The standard InChI is InChI=1S/C21H40O/c1-2-4-8-14-21-16-10-6-12-18-22-17-11-5-9-15-20(19-21)13-7-3-1/h20-21H,1-19H2. The van der Waals surface area contributed by atoms with E-state index in [4.69, 9.17) is 4.74 Å². The third-order valence-corrected chi connectivity index (χ3v) is 5.94. The highest BCUT2D eigenvalue weighted by molar-refractivity contribution is 4.70. The van der Waals surface area contributed by atoms with Crippen LogP contribution in [-0.4, -0.2) is 13.2 Å². The van der Waals surface area contributed by atoms with Gasteiger partial charge in [0.05, 0.1) is 0 Å². The summed E-state index contributed by atoms with van der Waals surface area (Å²) in [5.74, 6) is 2.07. The van der Waals surface area contributed by atoms with Crippen LogP contribution in [0.15, 0.2) is 0 Å².